The fraction of sp³-hybridized carbons (Fsp3) is 0.714. The minimum absolute atomic E-state index is 0.0253. The van der Waals surface area contributed by atoms with Crippen LogP contribution in [0.15, 0.2) is 29.9 Å². The van der Waals surface area contributed by atoms with Gasteiger partial charge in [-0.15, -0.1) is 6.58 Å². The van der Waals surface area contributed by atoms with Gasteiger partial charge in [-0.1, -0.05) is 37.2 Å². The van der Waals surface area contributed by atoms with Crippen molar-refractivity contribution in [1.82, 2.24) is 5.32 Å². The largest absolute Gasteiger partial charge is 0.481 e. The van der Waals surface area contributed by atoms with Crippen LogP contribution in [0.3, 0.4) is 0 Å². The zero-order valence-electron chi connectivity index (χ0n) is 18.6. The van der Waals surface area contributed by atoms with Crippen molar-refractivity contribution >= 4 is 11.9 Å². The lowest BCUT2D eigenvalue weighted by atomic mass is 9.90. The molecule has 1 amide bonds. The fourth-order valence-electron chi connectivity index (χ4n) is 2.52. The van der Waals surface area contributed by atoms with E-state index >= 15 is 0 Å². The summed E-state index contributed by atoms with van der Waals surface area (Å²) < 4.78 is 15.6. The van der Waals surface area contributed by atoms with E-state index < -0.39 is 17.8 Å². The second-order valence-electron chi connectivity index (χ2n) is 7.01. The van der Waals surface area contributed by atoms with E-state index in [0.29, 0.717) is 51.9 Å². The SMILES string of the molecule is C=CC(C)CC/C=C/CC(C(=O)O)C(C)C(=O)NCCOCCOCCOCN=[N+]=[N-]. The average molecular weight is 441 g/mol. The summed E-state index contributed by atoms with van der Waals surface area (Å²) in [5.41, 5.74) is 8.07. The first-order valence-electron chi connectivity index (χ1n) is 10.5. The highest BCUT2D eigenvalue weighted by molar-refractivity contribution is 5.84. The maximum atomic E-state index is 12.3. The Morgan fingerprint density at radius 2 is 1.77 bits per heavy atom. The molecule has 0 spiro atoms. The number of hydrogen-bond donors (Lipinski definition) is 2. The van der Waals surface area contributed by atoms with Gasteiger partial charge in [-0.3, -0.25) is 9.59 Å². The maximum absolute atomic E-state index is 12.3. The monoisotopic (exact) mass is 440 g/mol. The Bertz CT molecular complexity index is 592. The fourth-order valence-corrected chi connectivity index (χ4v) is 2.52. The summed E-state index contributed by atoms with van der Waals surface area (Å²) in [7, 11) is 0. The van der Waals surface area contributed by atoms with Crippen LogP contribution >= 0.6 is 0 Å². The van der Waals surface area contributed by atoms with E-state index in [1.807, 2.05) is 18.2 Å². The summed E-state index contributed by atoms with van der Waals surface area (Å²) in [5.74, 6) is -2.30. The number of ether oxygens (including phenoxy) is 3. The minimum Gasteiger partial charge on any atom is -0.481 e. The summed E-state index contributed by atoms with van der Waals surface area (Å²) in [6, 6.07) is 0. The number of amides is 1. The van der Waals surface area contributed by atoms with Crippen LogP contribution in [0.2, 0.25) is 0 Å². The number of aliphatic carboxylic acids is 1. The van der Waals surface area contributed by atoms with Gasteiger partial charge in [0.25, 0.3) is 0 Å². The van der Waals surface area contributed by atoms with Crippen LogP contribution in [0, 0.1) is 17.8 Å². The second-order valence-corrected chi connectivity index (χ2v) is 7.01. The van der Waals surface area contributed by atoms with E-state index in [2.05, 4.69) is 28.8 Å². The van der Waals surface area contributed by atoms with E-state index in [9.17, 15) is 14.7 Å². The number of rotatable bonds is 20. The smallest absolute Gasteiger partial charge is 0.307 e. The summed E-state index contributed by atoms with van der Waals surface area (Å²) >= 11 is 0. The Labute approximate surface area is 184 Å². The van der Waals surface area contributed by atoms with Gasteiger partial charge in [-0.2, -0.15) is 0 Å². The number of nitrogens with zero attached hydrogens (tertiary/aromatic N) is 3. The number of azide groups is 1. The standard InChI is InChI=1S/C21H36N4O6/c1-4-17(2)8-6-5-7-9-19(21(27)28)18(3)20(26)23-10-11-29-12-13-30-14-15-31-16-24-25-22/h4-5,7,17-19H,1,6,8-16H2,2-3H3,(H,23,26)(H,27,28)/b7-5+. The molecule has 0 bridgehead atoms. The van der Waals surface area contributed by atoms with E-state index in [1.165, 1.54) is 0 Å². The first-order valence-corrected chi connectivity index (χ1v) is 10.5. The Kier molecular flexibility index (Phi) is 18.1. The molecule has 0 heterocycles. The van der Waals surface area contributed by atoms with Crippen molar-refractivity contribution in [1.29, 1.82) is 0 Å². The first-order chi connectivity index (χ1) is 14.9. The van der Waals surface area contributed by atoms with Gasteiger partial charge < -0.3 is 24.6 Å². The van der Waals surface area contributed by atoms with Crippen molar-refractivity contribution in [3.63, 3.8) is 0 Å². The number of carbonyl (C=O) groups is 2. The molecule has 0 aliphatic rings. The molecule has 2 N–H and O–H groups in total. The molecule has 0 radical (unpaired) electrons. The molecule has 31 heavy (non-hydrogen) atoms. The third kappa shape index (κ3) is 16.0. The van der Waals surface area contributed by atoms with Crippen molar-refractivity contribution in [2.24, 2.45) is 22.9 Å². The number of carbonyl (C=O) groups excluding carboxylic acids is 1. The number of allylic oxidation sites excluding steroid dienone is 3. The predicted molar refractivity (Wildman–Crippen MR) is 117 cm³/mol. The molecule has 0 fully saturated rings. The van der Waals surface area contributed by atoms with Gasteiger partial charge in [-0.05, 0) is 30.7 Å². The summed E-state index contributed by atoms with van der Waals surface area (Å²) in [6.45, 7) is 9.41. The normalized spacial score (nSPS) is 13.9. The van der Waals surface area contributed by atoms with Crippen LogP contribution in [0.5, 0.6) is 0 Å². The minimum atomic E-state index is -0.983. The third-order valence-corrected chi connectivity index (χ3v) is 4.58. The van der Waals surface area contributed by atoms with Crippen molar-refractivity contribution in [3.8, 4) is 0 Å². The van der Waals surface area contributed by atoms with Crippen molar-refractivity contribution in [2.75, 3.05) is 46.3 Å². The Morgan fingerprint density at radius 3 is 2.39 bits per heavy atom. The molecular formula is C21H36N4O6. The zero-order valence-corrected chi connectivity index (χ0v) is 18.6. The van der Waals surface area contributed by atoms with Crippen LogP contribution in [-0.2, 0) is 23.8 Å². The second kappa shape index (κ2) is 19.6. The quantitative estimate of drug-likeness (QED) is 0.0977. The van der Waals surface area contributed by atoms with Crippen molar-refractivity contribution in [3.05, 3.63) is 35.2 Å². The molecule has 10 heteroatoms. The number of hydrogen-bond acceptors (Lipinski definition) is 6. The molecule has 10 nitrogen and oxygen atoms in total. The molecule has 0 rings (SSSR count). The number of carboxylic acids is 1. The molecule has 3 unspecified atom stereocenters. The van der Waals surface area contributed by atoms with Gasteiger partial charge in [0.15, 0.2) is 0 Å². The van der Waals surface area contributed by atoms with E-state index in [-0.39, 0.29) is 12.6 Å². The van der Waals surface area contributed by atoms with E-state index in [4.69, 9.17) is 19.7 Å². The highest BCUT2D eigenvalue weighted by Crippen LogP contribution is 2.18. The number of nitrogens with one attached hydrogen (secondary N) is 1. The van der Waals surface area contributed by atoms with Gasteiger partial charge in [0.1, 0.15) is 6.73 Å². The van der Waals surface area contributed by atoms with Gasteiger partial charge in [0, 0.05) is 17.4 Å². The first kappa shape index (κ1) is 28.6. The lowest BCUT2D eigenvalue weighted by Gasteiger charge is -2.18. The Morgan fingerprint density at radius 1 is 1.13 bits per heavy atom. The lowest BCUT2D eigenvalue weighted by Crippen LogP contribution is -2.37. The topological polar surface area (TPSA) is 143 Å². The highest BCUT2D eigenvalue weighted by Gasteiger charge is 2.28. The van der Waals surface area contributed by atoms with E-state index in [1.54, 1.807) is 6.92 Å². The average Bonchev–Trinajstić information content (AvgIpc) is 2.75. The molecule has 0 saturated carbocycles. The molecule has 0 aromatic carbocycles. The van der Waals surface area contributed by atoms with Gasteiger partial charge in [-0.25, -0.2) is 0 Å². The highest BCUT2D eigenvalue weighted by atomic mass is 16.5. The maximum Gasteiger partial charge on any atom is 0.307 e. The molecular weight excluding hydrogens is 404 g/mol. The zero-order chi connectivity index (χ0) is 23.3. The van der Waals surface area contributed by atoms with Gasteiger partial charge >= 0.3 is 5.97 Å². The molecule has 0 saturated heterocycles. The molecule has 3 atom stereocenters. The van der Waals surface area contributed by atoms with Crippen LogP contribution in [0.25, 0.3) is 10.4 Å². The van der Waals surface area contributed by atoms with Crippen LogP contribution in [0.4, 0.5) is 0 Å². The number of carboxylic acid groups (broad SMARTS) is 1. The summed E-state index contributed by atoms with van der Waals surface area (Å²) in [6.07, 6.45) is 7.81. The lowest BCUT2D eigenvalue weighted by molar-refractivity contribution is -0.146. The van der Waals surface area contributed by atoms with Crippen LogP contribution < -0.4 is 5.32 Å². The summed E-state index contributed by atoms with van der Waals surface area (Å²) in [4.78, 5) is 26.4. The molecule has 0 aliphatic carbocycles. The van der Waals surface area contributed by atoms with Crippen LogP contribution in [0.1, 0.15) is 33.1 Å². The molecule has 0 aromatic heterocycles. The van der Waals surface area contributed by atoms with Crippen molar-refractivity contribution < 1.29 is 28.9 Å². The van der Waals surface area contributed by atoms with Crippen LogP contribution in [-0.4, -0.2) is 63.3 Å². The summed E-state index contributed by atoms with van der Waals surface area (Å²) in [5, 5.41) is 15.4. The predicted octanol–water partition coefficient (Wildman–Crippen LogP) is 3.31. The third-order valence-electron chi connectivity index (χ3n) is 4.58. The van der Waals surface area contributed by atoms with Gasteiger partial charge in [0.2, 0.25) is 5.91 Å². The molecule has 0 aliphatic heterocycles. The molecule has 176 valence electrons. The molecule has 0 aromatic rings. The van der Waals surface area contributed by atoms with Gasteiger partial charge in [0.05, 0.1) is 39.0 Å². The van der Waals surface area contributed by atoms with Crippen molar-refractivity contribution in [2.45, 2.75) is 33.1 Å². The Hall–Kier alpha value is -2.39. The van der Waals surface area contributed by atoms with E-state index in [0.717, 1.165) is 12.8 Å². The Balaban J connectivity index is 3.95.